The second kappa shape index (κ2) is 6.54. The van der Waals surface area contributed by atoms with E-state index in [2.05, 4.69) is 10.2 Å². The van der Waals surface area contributed by atoms with E-state index in [1.54, 1.807) is 10.9 Å². The monoisotopic (exact) mass is 357 g/mol. The van der Waals surface area contributed by atoms with Crippen molar-refractivity contribution in [2.75, 3.05) is 19.7 Å². The molecule has 0 radical (unpaired) electrons. The topological polar surface area (TPSA) is 65.2 Å². The van der Waals surface area contributed by atoms with E-state index < -0.39 is 0 Å². The summed E-state index contributed by atoms with van der Waals surface area (Å²) in [6.07, 6.45) is 9.16. The van der Waals surface area contributed by atoms with E-state index in [4.69, 9.17) is 4.74 Å². The highest BCUT2D eigenvalue weighted by atomic mass is 16.5. The molecule has 26 heavy (non-hydrogen) atoms. The lowest BCUT2D eigenvalue weighted by Crippen LogP contribution is -2.45. The molecule has 0 N–H and O–H groups in total. The van der Waals surface area contributed by atoms with Crippen LogP contribution in [0.25, 0.3) is 11.3 Å². The van der Waals surface area contributed by atoms with Gasteiger partial charge in [0.2, 0.25) is 0 Å². The van der Waals surface area contributed by atoms with Crippen molar-refractivity contribution < 1.29 is 9.53 Å². The Kier molecular flexibility index (Phi) is 4.34. The molecule has 7 nitrogen and oxygen atoms in total. The van der Waals surface area contributed by atoms with Gasteiger partial charge < -0.3 is 9.64 Å². The molecule has 2 aromatic rings. The summed E-state index contributed by atoms with van der Waals surface area (Å²) < 4.78 is 9.28. The predicted octanol–water partition coefficient (Wildman–Crippen LogP) is 2.33. The van der Waals surface area contributed by atoms with Gasteiger partial charge >= 0.3 is 0 Å². The summed E-state index contributed by atoms with van der Waals surface area (Å²) in [5.41, 5.74) is 2.56. The quantitative estimate of drug-likeness (QED) is 0.824. The molecule has 2 aliphatic rings. The third kappa shape index (κ3) is 2.94. The molecule has 1 spiro atoms. The van der Waals surface area contributed by atoms with Gasteiger partial charge in [0.15, 0.2) is 0 Å². The Hall–Kier alpha value is -2.15. The van der Waals surface area contributed by atoms with Crippen LogP contribution in [0, 0.1) is 5.41 Å². The van der Waals surface area contributed by atoms with E-state index in [0.717, 1.165) is 56.8 Å². The molecule has 0 atom stereocenters. The number of nitrogens with zero attached hydrogens (tertiary/aromatic N) is 5. The maximum atomic E-state index is 13.2. The predicted molar refractivity (Wildman–Crippen MR) is 97.7 cm³/mol. The molecule has 1 saturated heterocycles. The maximum Gasteiger partial charge on any atom is 0.257 e. The molecular formula is C19H27N5O2. The van der Waals surface area contributed by atoms with Crippen molar-refractivity contribution in [1.82, 2.24) is 24.5 Å². The summed E-state index contributed by atoms with van der Waals surface area (Å²) in [7, 11) is 1.87. The minimum atomic E-state index is 0.0836. The van der Waals surface area contributed by atoms with Crippen molar-refractivity contribution >= 4 is 5.91 Å². The van der Waals surface area contributed by atoms with Crippen molar-refractivity contribution in [3.05, 3.63) is 24.2 Å². The van der Waals surface area contributed by atoms with Gasteiger partial charge in [-0.2, -0.15) is 10.2 Å². The van der Waals surface area contributed by atoms with Gasteiger partial charge in [-0.1, -0.05) is 0 Å². The van der Waals surface area contributed by atoms with Crippen LogP contribution < -0.4 is 0 Å². The zero-order valence-electron chi connectivity index (χ0n) is 15.8. The molecular weight excluding hydrogens is 330 g/mol. The Morgan fingerprint density at radius 3 is 2.81 bits per heavy atom. The smallest absolute Gasteiger partial charge is 0.257 e. The van der Waals surface area contributed by atoms with Crippen molar-refractivity contribution in [2.45, 2.75) is 45.8 Å². The Morgan fingerprint density at radius 1 is 1.35 bits per heavy atom. The summed E-state index contributed by atoms with van der Waals surface area (Å²) in [4.78, 5) is 15.2. The molecule has 0 aromatic carbocycles. The van der Waals surface area contributed by atoms with Gasteiger partial charge in [0, 0.05) is 51.2 Å². The largest absolute Gasteiger partial charge is 0.378 e. The maximum absolute atomic E-state index is 13.2. The van der Waals surface area contributed by atoms with Crippen LogP contribution in [0.4, 0.5) is 0 Å². The zero-order valence-corrected chi connectivity index (χ0v) is 15.8. The molecule has 3 heterocycles. The van der Waals surface area contributed by atoms with E-state index in [9.17, 15) is 4.79 Å². The molecule has 140 valence electrons. The first-order valence-corrected chi connectivity index (χ1v) is 9.51. The minimum Gasteiger partial charge on any atom is -0.378 e. The number of hydrogen-bond donors (Lipinski definition) is 0. The molecule has 0 unspecified atom stereocenters. The van der Waals surface area contributed by atoms with Crippen LogP contribution >= 0.6 is 0 Å². The van der Waals surface area contributed by atoms with Crippen LogP contribution in [0.5, 0.6) is 0 Å². The lowest BCUT2D eigenvalue weighted by Gasteiger charge is -2.44. The standard InChI is InChI=1S/C19H27N5O2/c1-4-24-12-16(17(21-24)14-10-20-22(3)11-14)18(25)23-7-6-19(13-23)8-15(9-19)26-5-2/h10-12,15H,4-9,13H2,1-3H3. The normalized spacial score (nSPS) is 25.0. The SMILES string of the molecule is CCOC1CC2(CCN(C(=O)c3cn(CC)nc3-c3cnn(C)c3)C2)C1. The first-order chi connectivity index (χ1) is 12.5. The summed E-state index contributed by atoms with van der Waals surface area (Å²) >= 11 is 0. The molecule has 2 fully saturated rings. The van der Waals surface area contributed by atoms with E-state index in [1.807, 2.05) is 42.9 Å². The third-order valence-corrected chi connectivity index (χ3v) is 5.74. The van der Waals surface area contributed by atoms with Crippen molar-refractivity contribution in [2.24, 2.45) is 12.5 Å². The first-order valence-electron chi connectivity index (χ1n) is 9.51. The number of carbonyl (C=O) groups excluding carboxylic acids is 1. The molecule has 2 aromatic heterocycles. The van der Waals surface area contributed by atoms with Crippen LogP contribution in [-0.4, -0.2) is 56.2 Å². The molecule has 1 amide bonds. The van der Waals surface area contributed by atoms with E-state index in [1.165, 1.54) is 0 Å². The Balaban J connectivity index is 1.53. The highest BCUT2D eigenvalue weighted by Gasteiger charge is 2.50. The Bertz CT molecular complexity index is 803. The number of hydrogen-bond acceptors (Lipinski definition) is 4. The molecule has 1 aliphatic carbocycles. The second-order valence-electron chi connectivity index (χ2n) is 7.61. The third-order valence-electron chi connectivity index (χ3n) is 5.74. The number of amides is 1. The molecule has 0 bridgehead atoms. The van der Waals surface area contributed by atoms with Crippen molar-refractivity contribution in [3.63, 3.8) is 0 Å². The van der Waals surface area contributed by atoms with Crippen molar-refractivity contribution in [1.29, 1.82) is 0 Å². The van der Waals surface area contributed by atoms with Gasteiger partial charge in [0.1, 0.15) is 5.69 Å². The van der Waals surface area contributed by atoms with Gasteiger partial charge in [-0.15, -0.1) is 0 Å². The molecule has 7 heteroatoms. The lowest BCUT2D eigenvalue weighted by molar-refractivity contribution is -0.0707. The summed E-state index contributed by atoms with van der Waals surface area (Å²) in [5.74, 6) is 0.0836. The zero-order chi connectivity index (χ0) is 18.3. The van der Waals surface area contributed by atoms with Gasteiger partial charge in [-0.3, -0.25) is 14.2 Å². The highest BCUT2D eigenvalue weighted by Crippen LogP contribution is 2.49. The fourth-order valence-electron chi connectivity index (χ4n) is 4.37. The number of ether oxygens (including phenoxy) is 1. The Morgan fingerprint density at radius 2 is 2.15 bits per heavy atom. The highest BCUT2D eigenvalue weighted by molar-refractivity contribution is 5.99. The summed E-state index contributed by atoms with van der Waals surface area (Å²) in [6.45, 7) is 7.23. The summed E-state index contributed by atoms with van der Waals surface area (Å²) in [5, 5.41) is 8.83. The second-order valence-corrected chi connectivity index (χ2v) is 7.61. The number of rotatable bonds is 5. The van der Waals surface area contributed by atoms with Crippen LogP contribution in [-0.2, 0) is 18.3 Å². The number of likely N-dealkylation sites (tertiary alicyclic amines) is 1. The van der Waals surface area contributed by atoms with Crippen LogP contribution in [0.15, 0.2) is 18.6 Å². The van der Waals surface area contributed by atoms with Gasteiger partial charge in [-0.25, -0.2) is 0 Å². The van der Waals surface area contributed by atoms with Crippen LogP contribution in [0.3, 0.4) is 0 Å². The van der Waals surface area contributed by atoms with Gasteiger partial charge in [0.25, 0.3) is 5.91 Å². The number of carbonyl (C=O) groups is 1. The van der Waals surface area contributed by atoms with E-state index >= 15 is 0 Å². The molecule has 1 saturated carbocycles. The molecule has 4 rings (SSSR count). The minimum absolute atomic E-state index is 0.0836. The first kappa shape index (κ1) is 17.3. The fraction of sp³-hybridized carbons (Fsp3) is 0.632. The van der Waals surface area contributed by atoms with Gasteiger partial charge in [-0.05, 0) is 38.5 Å². The fourth-order valence-corrected chi connectivity index (χ4v) is 4.37. The van der Waals surface area contributed by atoms with Crippen LogP contribution in [0.1, 0.15) is 43.5 Å². The Labute approximate surface area is 153 Å². The van der Waals surface area contributed by atoms with Crippen LogP contribution in [0.2, 0.25) is 0 Å². The van der Waals surface area contributed by atoms with E-state index in [-0.39, 0.29) is 11.3 Å². The van der Waals surface area contributed by atoms with Gasteiger partial charge in [0.05, 0.1) is 17.9 Å². The average molecular weight is 357 g/mol. The average Bonchev–Trinajstić information content (AvgIpc) is 3.31. The lowest BCUT2D eigenvalue weighted by atomic mass is 9.66. The van der Waals surface area contributed by atoms with Crippen molar-refractivity contribution in [3.8, 4) is 11.3 Å². The number of aryl methyl sites for hydroxylation is 2. The number of aromatic nitrogens is 4. The molecule has 1 aliphatic heterocycles. The summed E-state index contributed by atoms with van der Waals surface area (Å²) in [6, 6.07) is 0. The van der Waals surface area contributed by atoms with E-state index in [0.29, 0.717) is 11.7 Å².